The zero-order valence-corrected chi connectivity index (χ0v) is 18.0. The van der Waals surface area contributed by atoms with E-state index in [1.165, 1.54) is 15.4 Å². The van der Waals surface area contributed by atoms with Crippen LogP contribution < -0.4 is 10.3 Å². The molecule has 0 atom stereocenters. The molecule has 0 bridgehead atoms. The number of aromatic nitrogens is 2. The Balaban J connectivity index is 1.88. The highest BCUT2D eigenvalue weighted by atomic mass is 35.5. The maximum absolute atomic E-state index is 13.3. The van der Waals surface area contributed by atoms with Gasteiger partial charge in [-0.05, 0) is 36.8 Å². The molecule has 1 aromatic carbocycles. The fourth-order valence-electron chi connectivity index (χ4n) is 3.35. The van der Waals surface area contributed by atoms with Gasteiger partial charge in [-0.1, -0.05) is 29.8 Å². The number of hydrogen-bond acceptors (Lipinski definition) is 6. The number of pyridine rings is 1. The van der Waals surface area contributed by atoms with Crippen LogP contribution in [-0.4, -0.2) is 46.5 Å². The van der Waals surface area contributed by atoms with Gasteiger partial charge in [-0.3, -0.25) is 14.0 Å². The highest BCUT2D eigenvalue weighted by molar-refractivity contribution is 6.32. The Labute approximate surface area is 188 Å². The van der Waals surface area contributed by atoms with E-state index in [1.54, 1.807) is 36.5 Å². The standard InChI is InChI=1S/C23H19ClN4O4/c1-15-5-4-8-28-20(15)26-21(32-19-7-3-2-6-18(19)24)17(23(28)30)13-16(14-25)22(29)27-9-11-31-12-10-27/h2-8,13H,9-12H2,1H3. The molecule has 0 radical (unpaired) electrons. The lowest BCUT2D eigenvalue weighted by atomic mass is 10.1. The number of rotatable bonds is 4. The molecular formula is C23H19ClN4O4. The van der Waals surface area contributed by atoms with Gasteiger partial charge < -0.3 is 14.4 Å². The molecular weight excluding hydrogens is 432 g/mol. The number of halogens is 1. The molecule has 9 heteroatoms. The van der Waals surface area contributed by atoms with E-state index in [9.17, 15) is 14.9 Å². The number of amides is 1. The maximum atomic E-state index is 13.3. The van der Waals surface area contributed by atoms with Gasteiger partial charge in [0.25, 0.3) is 11.5 Å². The fourth-order valence-corrected chi connectivity index (χ4v) is 3.52. The molecule has 2 aromatic heterocycles. The summed E-state index contributed by atoms with van der Waals surface area (Å²) in [6.07, 6.45) is 2.80. The second-order valence-corrected chi connectivity index (χ2v) is 7.53. The molecule has 3 aromatic rings. The molecule has 0 unspecified atom stereocenters. The molecule has 0 spiro atoms. The Morgan fingerprint density at radius 1 is 1.25 bits per heavy atom. The first-order chi connectivity index (χ1) is 15.5. The van der Waals surface area contributed by atoms with Crippen molar-refractivity contribution in [3.63, 3.8) is 0 Å². The molecule has 8 nitrogen and oxygen atoms in total. The molecule has 32 heavy (non-hydrogen) atoms. The number of aryl methyl sites for hydroxylation is 1. The van der Waals surface area contributed by atoms with E-state index in [-0.39, 0.29) is 17.0 Å². The topological polar surface area (TPSA) is 96.9 Å². The minimum atomic E-state index is -0.478. The fraction of sp³-hybridized carbons (Fsp3) is 0.217. The van der Waals surface area contributed by atoms with Crippen LogP contribution in [0.25, 0.3) is 11.7 Å². The van der Waals surface area contributed by atoms with Crippen molar-refractivity contribution in [1.82, 2.24) is 14.3 Å². The van der Waals surface area contributed by atoms with E-state index in [1.807, 2.05) is 19.1 Å². The second kappa shape index (κ2) is 9.22. The van der Waals surface area contributed by atoms with Crippen molar-refractivity contribution in [2.75, 3.05) is 26.3 Å². The zero-order valence-electron chi connectivity index (χ0n) is 17.2. The van der Waals surface area contributed by atoms with Crippen LogP contribution in [0.4, 0.5) is 0 Å². The molecule has 0 N–H and O–H groups in total. The summed E-state index contributed by atoms with van der Waals surface area (Å²) in [5.74, 6) is -0.222. The predicted octanol–water partition coefficient (Wildman–Crippen LogP) is 3.21. The van der Waals surface area contributed by atoms with Crippen LogP contribution in [0.5, 0.6) is 11.6 Å². The van der Waals surface area contributed by atoms with Crippen molar-refractivity contribution >= 4 is 29.2 Å². The highest BCUT2D eigenvalue weighted by Gasteiger charge is 2.23. The number of para-hydroxylation sites is 1. The zero-order chi connectivity index (χ0) is 22.7. The summed E-state index contributed by atoms with van der Waals surface area (Å²) in [5.41, 5.74) is 0.473. The van der Waals surface area contributed by atoms with Crippen LogP contribution >= 0.6 is 11.6 Å². The number of benzene rings is 1. The van der Waals surface area contributed by atoms with Gasteiger partial charge in [0.05, 0.1) is 18.2 Å². The number of fused-ring (bicyclic) bond motifs is 1. The third-order valence-electron chi connectivity index (χ3n) is 5.03. The van der Waals surface area contributed by atoms with Gasteiger partial charge in [0.1, 0.15) is 28.6 Å². The second-order valence-electron chi connectivity index (χ2n) is 7.13. The normalized spacial score (nSPS) is 14.3. The number of hydrogen-bond donors (Lipinski definition) is 0. The lowest BCUT2D eigenvalue weighted by Crippen LogP contribution is -2.41. The number of carbonyl (C=O) groups excluding carboxylic acids is 1. The summed E-state index contributed by atoms with van der Waals surface area (Å²) < 4.78 is 12.5. The van der Waals surface area contributed by atoms with E-state index < -0.39 is 11.5 Å². The van der Waals surface area contributed by atoms with E-state index in [0.29, 0.717) is 42.7 Å². The summed E-state index contributed by atoms with van der Waals surface area (Å²) in [5, 5.41) is 10.0. The van der Waals surface area contributed by atoms with Crippen LogP contribution in [0.1, 0.15) is 11.1 Å². The number of nitriles is 1. The molecule has 1 aliphatic rings. The minimum Gasteiger partial charge on any atom is -0.437 e. The Morgan fingerprint density at radius 2 is 2.00 bits per heavy atom. The average molecular weight is 451 g/mol. The highest BCUT2D eigenvalue weighted by Crippen LogP contribution is 2.30. The van der Waals surface area contributed by atoms with Gasteiger partial charge in [-0.25, -0.2) is 0 Å². The van der Waals surface area contributed by atoms with Crippen molar-refractivity contribution < 1.29 is 14.3 Å². The molecule has 1 aliphatic heterocycles. The third-order valence-corrected chi connectivity index (χ3v) is 5.34. The lowest BCUT2D eigenvalue weighted by molar-refractivity contribution is -0.130. The quantitative estimate of drug-likeness (QED) is 0.447. The van der Waals surface area contributed by atoms with Crippen LogP contribution in [0, 0.1) is 18.3 Å². The summed E-state index contributed by atoms with van der Waals surface area (Å²) in [6.45, 7) is 3.35. The SMILES string of the molecule is Cc1cccn2c(=O)c(C=C(C#N)C(=O)N3CCOCC3)c(Oc3ccccc3Cl)nc12. The molecule has 4 rings (SSSR count). The van der Waals surface area contributed by atoms with Gasteiger partial charge in [-0.2, -0.15) is 10.2 Å². The summed E-state index contributed by atoms with van der Waals surface area (Å²) in [7, 11) is 0. The van der Waals surface area contributed by atoms with Crippen LogP contribution in [0.2, 0.25) is 5.02 Å². The Kier molecular flexibility index (Phi) is 6.21. The van der Waals surface area contributed by atoms with E-state index in [2.05, 4.69) is 4.98 Å². The van der Waals surface area contributed by atoms with E-state index in [4.69, 9.17) is 21.1 Å². The van der Waals surface area contributed by atoms with E-state index >= 15 is 0 Å². The van der Waals surface area contributed by atoms with Crippen molar-refractivity contribution in [2.45, 2.75) is 6.92 Å². The average Bonchev–Trinajstić information content (AvgIpc) is 2.81. The van der Waals surface area contributed by atoms with Crippen molar-refractivity contribution in [2.24, 2.45) is 0 Å². The van der Waals surface area contributed by atoms with Crippen LogP contribution in [0.15, 0.2) is 53.0 Å². The molecule has 1 amide bonds. The number of carbonyl (C=O) groups is 1. The molecule has 1 fully saturated rings. The van der Waals surface area contributed by atoms with Crippen molar-refractivity contribution in [3.05, 3.63) is 74.7 Å². The summed E-state index contributed by atoms with van der Waals surface area (Å²) in [4.78, 5) is 32.2. The number of ether oxygens (including phenoxy) is 2. The largest absolute Gasteiger partial charge is 0.437 e. The van der Waals surface area contributed by atoms with Crippen molar-refractivity contribution in [1.29, 1.82) is 5.26 Å². The number of morpholine rings is 1. The van der Waals surface area contributed by atoms with Gasteiger partial charge in [-0.15, -0.1) is 0 Å². The monoisotopic (exact) mass is 450 g/mol. The molecule has 0 aliphatic carbocycles. The first-order valence-electron chi connectivity index (χ1n) is 9.93. The van der Waals surface area contributed by atoms with Gasteiger partial charge >= 0.3 is 0 Å². The smallest absolute Gasteiger partial charge is 0.269 e. The molecule has 0 saturated carbocycles. The molecule has 1 saturated heterocycles. The Hall–Kier alpha value is -3.67. The third kappa shape index (κ3) is 4.21. The minimum absolute atomic E-state index is 0.0221. The Morgan fingerprint density at radius 3 is 2.72 bits per heavy atom. The maximum Gasteiger partial charge on any atom is 0.269 e. The lowest BCUT2D eigenvalue weighted by Gasteiger charge is -2.26. The summed E-state index contributed by atoms with van der Waals surface area (Å²) in [6, 6.07) is 12.2. The molecule has 3 heterocycles. The van der Waals surface area contributed by atoms with Gasteiger partial charge in [0, 0.05) is 19.3 Å². The van der Waals surface area contributed by atoms with E-state index in [0.717, 1.165) is 5.56 Å². The summed E-state index contributed by atoms with van der Waals surface area (Å²) >= 11 is 6.22. The number of nitrogens with zero attached hydrogens (tertiary/aromatic N) is 4. The first-order valence-corrected chi connectivity index (χ1v) is 10.3. The van der Waals surface area contributed by atoms with Gasteiger partial charge in [0.2, 0.25) is 5.88 Å². The Bertz CT molecular complexity index is 1320. The van der Waals surface area contributed by atoms with Gasteiger partial charge in [0.15, 0.2) is 0 Å². The molecule has 162 valence electrons. The first kappa shape index (κ1) is 21.6. The van der Waals surface area contributed by atoms with Crippen molar-refractivity contribution in [3.8, 4) is 17.7 Å². The van der Waals surface area contributed by atoms with Crippen LogP contribution in [0.3, 0.4) is 0 Å². The van der Waals surface area contributed by atoms with Crippen LogP contribution in [-0.2, 0) is 9.53 Å². The predicted molar refractivity (Wildman–Crippen MR) is 119 cm³/mol.